The average Bonchev–Trinajstić information content (AvgIpc) is 2.52. The maximum Gasteiger partial charge on any atom is 0.123 e. The van der Waals surface area contributed by atoms with Gasteiger partial charge in [-0.15, -0.1) is 0 Å². The Bertz CT molecular complexity index is 717. The van der Waals surface area contributed by atoms with Crippen molar-refractivity contribution >= 4 is 26.8 Å². The summed E-state index contributed by atoms with van der Waals surface area (Å²) in [7, 11) is 0. The van der Waals surface area contributed by atoms with E-state index in [1.807, 2.05) is 24.3 Å². The van der Waals surface area contributed by atoms with Crippen LogP contribution in [0.15, 0.2) is 40.0 Å². The second-order valence-corrected chi connectivity index (χ2v) is 5.21. The highest BCUT2D eigenvalue weighted by atomic mass is 79.9. The number of halogens is 1. The van der Waals surface area contributed by atoms with Crippen LogP contribution < -0.4 is 5.32 Å². The van der Waals surface area contributed by atoms with Crippen LogP contribution in [0.25, 0.3) is 21.3 Å². The Kier molecular flexibility index (Phi) is 5.52. The molecule has 0 saturated carbocycles. The molecular formula is C14H13BrN6. The van der Waals surface area contributed by atoms with Crippen molar-refractivity contribution < 1.29 is 0 Å². The first-order valence-electron chi connectivity index (χ1n) is 6.45. The molecule has 1 unspecified atom stereocenters. The first-order valence-corrected chi connectivity index (χ1v) is 7.24. The van der Waals surface area contributed by atoms with Crippen LogP contribution in [0.5, 0.6) is 0 Å². The van der Waals surface area contributed by atoms with Crippen LogP contribution in [0, 0.1) is 11.3 Å². The van der Waals surface area contributed by atoms with Crippen LogP contribution in [0.2, 0.25) is 0 Å². The molecule has 1 N–H and O–H groups in total. The predicted molar refractivity (Wildman–Crippen MR) is 84.4 cm³/mol. The van der Waals surface area contributed by atoms with Crippen molar-refractivity contribution in [3.05, 3.63) is 50.9 Å². The molecule has 1 heterocycles. The van der Waals surface area contributed by atoms with E-state index in [1.54, 1.807) is 6.20 Å². The lowest BCUT2D eigenvalue weighted by Crippen LogP contribution is -2.22. The zero-order chi connectivity index (χ0) is 15.1. The van der Waals surface area contributed by atoms with Gasteiger partial charge in [0.05, 0.1) is 11.6 Å². The number of rotatable bonds is 6. The molecule has 1 aromatic heterocycles. The lowest BCUT2D eigenvalue weighted by atomic mass is 10.0. The molecule has 0 aliphatic heterocycles. The third kappa shape index (κ3) is 3.70. The molecule has 6 nitrogen and oxygen atoms in total. The molecule has 106 valence electrons. The fourth-order valence-electron chi connectivity index (χ4n) is 2.06. The van der Waals surface area contributed by atoms with Gasteiger partial charge in [-0.25, -0.2) is 0 Å². The summed E-state index contributed by atoms with van der Waals surface area (Å²) >= 11 is 3.49. The van der Waals surface area contributed by atoms with Gasteiger partial charge >= 0.3 is 0 Å². The maximum atomic E-state index is 9.38. The van der Waals surface area contributed by atoms with Gasteiger partial charge in [-0.05, 0) is 30.6 Å². The minimum Gasteiger partial charge on any atom is -0.298 e. The number of nitrogens with one attached hydrogen (secondary N) is 1. The molecule has 2 aromatic rings. The minimum atomic E-state index is -0.443. The number of fused-ring (bicyclic) bond motifs is 1. The van der Waals surface area contributed by atoms with Gasteiger partial charge in [0.1, 0.15) is 6.04 Å². The molecule has 21 heavy (non-hydrogen) atoms. The Morgan fingerprint density at radius 3 is 3.10 bits per heavy atom. The predicted octanol–water partition coefficient (Wildman–Crippen LogP) is 3.85. The van der Waals surface area contributed by atoms with Crippen LogP contribution >= 0.6 is 15.9 Å². The molecule has 2 rings (SSSR count). The largest absolute Gasteiger partial charge is 0.298 e. The molecule has 0 saturated heterocycles. The number of nitriles is 1. The number of pyridine rings is 1. The summed E-state index contributed by atoms with van der Waals surface area (Å²) in [6.07, 6.45) is 2.40. The van der Waals surface area contributed by atoms with E-state index >= 15 is 0 Å². The van der Waals surface area contributed by atoms with E-state index in [9.17, 15) is 5.26 Å². The lowest BCUT2D eigenvalue weighted by molar-refractivity contribution is 0.609. The average molecular weight is 345 g/mol. The maximum absolute atomic E-state index is 9.38. The molecule has 0 aliphatic rings. The number of hydrogen-bond acceptors (Lipinski definition) is 4. The van der Waals surface area contributed by atoms with E-state index in [0.717, 1.165) is 20.9 Å². The van der Waals surface area contributed by atoms with Gasteiger partial charge in [0.25, 0.3) is 0 Å². The Balaban J connectivity index is 2.21. The SMILES string of the molecule is N#CC(NCCCN=[N+]=[N-])c1ccc(Br)c2cccnc12. The summed E-state index contributed by atoms with van der Waals surface area (Å²) in [6, 6.07) is 9.46. The van der Waals surface area contributed by atoms with Crippen molar-refractivity contribution in [3.8, 4) is 6.07 Å². The highest BCUT2D eigenvalue weighted by Gasteiger charge is 2.14. The highest BCUT2D eigenvalue weighted by Crippen LogP contribution is 2.28. The van der Waals surface area contributed by atoms with E-state index in [0.29, 0.717) is 19.5 Å². The van der Waals surface area contributed by atoms with E-state index < -0.39 is 6.04 Å². The summed E-state index contributed by atoms with van der Waals surface area (Å²) in [5, 5.41) is 17.0. The molecule has 0 fully saturated rings. The minimum absolute atomic E-state index is 0.418. The number of aromatic nitrogens is 1. The number of hydrogen-bond donors (Lipinski definition) is 1. The summed E-state index contributed by atoms with van der Waals surface area (Å²) in [6.45, 7) is 1.02. The van der Waals surface area contributed by atoms with E-state index in [-0.39, 0.29) is 0 Å². The monoisotopic (exact) mass is 344 g/mol. The first-order chi connectivity index (χ1) is 10.3. The van der Waals surface area contributed by atoms with Crippen LogP contribution in [0.1, 0.15) is 18.0 Å². The Morgan fingerprint density at radius 1 is 1.48 bits per heavy atom. The zero-order valence-electron chi connectivity index (χ0n) is 11.2. The molecule has 1 aromatic carbocycles. The van der Waals surface area contributed by atoms with Gasteiger partial charge in [0.15, 0.2) is 0 Å². The molecule has 0 bridgehead atoms. The first kappa shape index (κ1) is 15.3. The Hall–Kier alpha value is -2.13. The number of nitrogens with zero attached hydrogens (tertiary/aromatic N) is 5. The van der Waals surface area contributed by atoms with Crippen LogP contribution in [0.3, 0.4) is 0 Å². The molecule has 0 aliphatic carbocycles. The Labute approximate surface area is 130 Å². The molecule has 0 radical (unpaired) electrons. The summed E-state index contributed by atoms with van der Waals surface area (Å²) in [4.78, 5) is 7.08. The number of azide groups is 1. The summed E-state index contributed by atoms with van der Waals surface area (Å²) in [5.41, 5.74) is 9.87. The van der Waals surface area contributed by atoms with Crippen molar-refractivity contribution in [1.29, 1.82) is 5.26 Å². The quantitative estimate of drug-likeness (QED) is 0.373. The van der Waals surface area contributed by atoms with Crippen molar-refractivity contribution in [2.24, 2.45) is 5.11 Å². The molecular weight excluding hydrogens is 332 g/mol. The smallest absolute Gasteiger partial charge is 0.123 e. The fourth-order valence-corrected chi connectivity index (χ4v) is 2.51. The second-order valence-electron chi connectivity index (χ2n) is 4.36. The zero-order valence-corrected chi connectivity index (χ0v) is 12.8. The Morgan fingerprint density at radius 2 is 2.33 bits per heavy atom. The lowest BCUT2D eigenvalue weighted by Gasteiger charge is -2.14. The van der Waals surface area contributed by atoms with Gasteiger partial charge in [-0.1, -0.05) is 33.2 Å². The summed E-state index contributed by atoms with van der Waals surface area (Å²) < 4.78 is 0.953. The standard InChI is InChI=1S/C14H13BrN6/c15-12-5-4-11(14-10(12)3-1-6-19-14)13(9-16)18-7-2-8-20-21-17/h1,3-6,13,18H,2,7-8H2. The van der Waals surface area contributed by atoms with Crippen LogP contribution in [-0.4, -0.2) is 18.1 Å². The third-order valence-electron chi connectivity index (χ3n) is 3.03. The van der Waals surface area contributed by atoms with Gasteiger partial charge < -0.3 is 0 Å². The second kappa shape index (κ2) is 7.60. The number of benzene rings is 1. The molecule has 7 heteroatoms. The third-order valence-corrected chi connectivity index (χ3v) is 3.73. The van der Waals surface area contributed by atoms with Crippen LogP contribution in [-0.2, 0) is 0 Å². The van der Waals surface area contributed by atoms with Crippen molar-refractivity contribution in [1.82, 2.24) is 10.3 Å². The fraction of sp³-hybridized carbons (Fsp3) is 0.286. The molecule has 0 spiro atoms. The van der Waals surface area contributed by atoms with E-state index in [4.69, 9.17) is 5.53 Å². The normalized spacial score (nSPS) is 11.6. The van der Waals surface area contributed by atoms with Crippen molar-refractivity contribution in [3.63, 3.8) is 0 Å². The van der Waals surface area contributed by atoms with E-state index in [2.05, 4.69) is 42.3 Å². The van der Waals surface area contributed by atoms with Gasteiger partial charge in [-0.3, -0.25) is 10.3 Å². The topological polar surface area (TPSA) is 97.5 Å². The van der Waals surface area contributed by atoms with Gasteiger partial charge in [0.2, 0.25) is 0 Å². The molecule has 1 atom stereocenters. The highest BCUT2D eigenvalue weighted by molar-refractivity contribution is 9.10. The van der Waals surface area contributed by atoms with Crippen molar-refractivity contribution in [2.45, 2.75) is 12.5 Å². The van der Waals surface area contributed by atoms with E-state index in [1.165, 1.54) is 0 Å². The van der Waals surface area contributed by atoms with Gasteiger partial charge in [-0.2, -0.15) is 5.26 Å². The van der Waals surface area contributed by atoms with Crippen LogP contribution in [0.4, 0.5) is 0 Å². The summed E-state index contributed by atoms with van der Waals surface area (Å²) in [5.74, 6) is 0. The van der Waals surface area contributed by atoms with Gasteiger partial charge in [0, 0.05) is 33.1 Å². The molecule has 0 amide bonds. The van der Waals surface area contributed by atoms with Crippen molar-refractivity contribution in [2.75, 3.05) is 13.1 Å².